The predicted octanol–water partition coefficient (Wildman–Crippen LogP) is 1.31. The molecule has 0 aliphatic carbocycles. The van der Waals surface area contributed by atoms with Gasteiger partial charge in [0.25, 0.3) is 5.91 Å². The number of hydrogen-bond acceptors (Lipinski definition) is 3. The molecule has 7 heteroatoms. The summed E-state index contributed by atoms with van der Waals surface area (Å²) in [4.78, 5) is 24.8. The molecule has 1 saturated heterocycles. The summed E-state index contributed by atoms with van der Waals surface area (Å²) < 4.78 is 19.6. The molecular formula is C13H14BrFN2O3. The Labute approximate surface area is 124 Å². The summed E-state index contributed by atoms with van der Waals surface area (Å²) in [5.41, 5.74) is 0. The molecule has 1 aromatic carbocycles. The van der Waals surface area contributed by atoms with Crippen molar-refractivity contribution >= 4 is 27.7 Å². The standard InChI is InChI=1S/C13H14BrFN2O3/c1-8(13(19)17-5-4-16-12(18)7-17)20-11-3-2-9(14)6-10(11)15/h2-3,6,8H,4-5,7H2,1H3,(H,16,18)/t8-/m1/s1. The maximum Gasteiger partial charge on any atom is 0.263 e. The van der Waals surface area contributed by atoms with Gasteiger partial charge in [-0.3, -0.25) is 9.59 Å². The maximum atomic E-state index is 13.6. The van der Waals surface area contributed by atoms with Crippen LogP contribution in [0.3, 0.4) is 0 Å². The average Bonchev–Trinajstić information content (AvgIpc) is 2.41. The highest BCUT2D eigenvalue weighted by molar-refractivity contribution is 9.10. The highest BCUT2D eigenvalue weighted by Crippen LogP contribution is 2.22. The van der Waals surface area contributed by atoms with Crippen molar-refractivity contribution in [2.45, 2.75) is 13.0 Å². The van der Waals surface area contributed by atoms with Crippen LogP contribution in [0.15, 0.2) is 22.7 Å². The number of halogens is 2. The fraction of sp³-hybridized carbons (Fsp3) is 0.385. The van der Waals surface area contributed by atoms with Crippen LogP contribution in [-0.4, -0.2) is 42.5 Å². The zero-order valence-electron chi connectivity index (χ0n) is 10.9. The Bertz CT molecular complexity index is 538. The van der Waals surface area contributed by atoms with Crippen LogP contribution in [0.4, 0.5) is 4.39 Å². The first kappa shape index (κ1) is 14.8. The summed E-state index contributed by atoms with van der Waals surface area (Å²) >= 11 is 3.15. The number of amides is 2. The molecule has 1 aliphatic heterocycles. The van der Waals surface area contributed by atoms with E-state index in [4.69, 9.17) is 4.74 Å². The number of benzene rings is 1. The van der Waals surface area contributed by atoms with E-state index in [9.17, 15) is 14.0 Å². The lowest BCUT2D eigenvalue weighted by Crippen LogP contribution is -2.53. The minimum Gasteiger partial charge on any atom is -0.478 e. The van der Waals surface area contributed by atoms with Crippen molar-refractivity contribution in [1.82, 2.24) is 10.2 Å². The Hall–Kier alpha value is -1.63. The lowest BCUT2D eigenvalue weighted by atomic mass is 10.2. The van der Waals surface area contributed by atoms with Gasteiger partial charge in [0.1, 0.15) is 0 Å². The van der Waals surface area contributed by atoms with E-state index in [1.165, 1.54) is 24.0 Å². The summed E-state index contributed by atoms with van der Waals surface area (Å²) in [6.07, 6.45) is -0.850. The van der Waals surface area contributed by atoms with Gasteiger partial charge < -0.3 is 15.0 Å². The van der Waals surface area contributed by atoms with Crippen molar-refractivity contribution in [2.24, 2.45) is 0 Å². The Morgan fingerprint density at radius 2 is 2.30 bits per heavy atom. The molecule has 1 N–H and O–H groups in total. The van der Waals surface area contributed by atoms with Crippen LogP contribution in [0.25, 0.3) is 0 Å². The number of hydrogen-bond donors (Lipinski definition) is 1. The molecule has 1 atom stereocenters. The van der Waals surface area contributed by atoms with Crippen molar-refractivity contribution in [3.05, 3.63) is 28.5 Å². The first-order valence-electron chi connectivity index (χ1n) is 6.14. The van der Waals surface area contributed by atoms with Gasteiger partial charge in [0.2, 0.25) is 5.91 Å². The van der Waals surface area contributed by atoms with Crippen LogP contribution in [0.1, 0.15) is 6.92 Å². The largest absolute Gasteiger partial charge is 0.478 e. The SMILES string of the molecule is C[C@@H](Oc1ccc(Br)cc1F)C(=O)N1CCNC(=O)C1. The molecule has 5 nitrogen and oxygen atoms in total. The highest BCUT2D eigenvalue weighted by Gasteiger charge is 2.26. The Morgan fingerprint density at radius 3 is 2.95 bits per heavy atom. The molecule has 2 rings (SSSR count). The van der Waals surface area contributed by atoms with E-state index in [2.05, 4.69) is 21.2 Å². The molecule has 1 aromatic rings. The van der Waals surface area contributed by atoms with Crippen LogP contribution < -0.4 is 10.1 Å². The molecule has 0 bridgehead atoms. The van der Waals surface area contributed by atoms with E-state index in [1.54, 1.807) is 6.07 Å². The van der Waals surface area contributed by atoms with Gasteiger partial charge in [-0.1, -0.05) is 15.9 Å². The van der Waals surface area contributed by atoms with E-state index in [1.807, 2.05) is 0 Å². The predicted molar refractivity (Wildman–Crippen MR) is 73.8 cm³/mol. The summed E-state index contributed by atoms with van der Waals surface area (Å²) in [6, 6.07) is 4.34. The first-order chi connectivity index (χ1) is 9.47. The molecule has 0 aromatic heterocycles. The number of piperazine rings is 1. The van der Waals surface area contributed by atoms with Gasteiger partial charge in [-0.15, -0.1) is 0 Å². The second kappa shape index (κ2) is 6.21. The van der Waals surface area contributed by atoms with Crippen molar-refractivity contribution in [2.75, 3.05) is 19.6 Å². The lowest BCUT2D eigenvalue weighted by molar-refractivity contribution is -0.143. The second-order valence-electron chi connectivity index (χ2n) is 4.44. The normalized spacial score (nSPS) is 16.6. The molecule has 0 spiro atoms. The van der Waals surface area contributed by atoms with Gasteiger partial charge in [-0.05, 0) is 25.1 Å². The summed E-state index contributed by atoms with van der Waals surface area (Å²) in [6.45, 7) is 2.40. The van der Waals surface area contributed by atoms with Crippen LogP contribution in [0.2, 0.25) is 0 Å². The number of carbonyl (C=O) groups is 2. The van der Waals surface area contributed by atoms with E-state index >= 15 is 0 Å². The van der Waals surface area contributed by atoms with E-state index < -0.39 is 11.9 Å². The smallest absolute Gasteiger partial charge is 0.263 e. The highest BCUT2D eigenvalue weighted by atomic mass is 79.9. The molecule has 20 heavy (non-hydrogen) atoms. The van der Waals surface area contributed by atoms with E-state index in [0.29, 0.717) is 17.6 Å². The maximum absolute atomic E-state index is 13.6. The quantitative estimate of drug-likeness (QED) is 0.899. The number of rotatable bonds is 3. The van der Waals surface area contributed by atoms with Crippen molar-refractivity contribution < 1.29 is 18.7 Å². The minimum atomic E-state index is -0.850. The minimum absolute atomic E-state index is 0.00928. The zero-order chi connectivity index (χ0) is 14.7. The van der Waals surface area contributed by atoms with Crippen LogP contribution in [-0.2, 0) is 9.59 Å². The van der Waals surface area contributed by atoms with Gasteiger partial charge >= 0.3 is 0 Å². The van der Waals surface area contributed by atoms with Gasteiger partial charge in [-0.2, -0.15) is 0 Å². The molecule has 1 aliphatic rings. The van der Waals surface area contributed by atoms with Gasteiger partial charge in [-0.25, -0.2) is 4.39 Å². The third-order valence-corrected chi connectivity index (χ3v) is 3.39. The van der Waals surface area contributed by atoms with E-state index in [-0.39, 0.29) is 24.1 Å². The molecule has 0 radical (unpaired) electrons. The number of nitrogens with zero attached hydrogens (tertiary/aromatic N) is 1. The van der Waals surface area contributed by atoms with Crippen molar-refractivity contribution in [1.29, 1.82) is 0 Å². The average molecular weight is 345 g/mol. The number of nitrogens with one attached hydrogen (secondary N) is 1. The summed E-state index contributed by atoms with van der Waals surface area (Å²) in [7, 11) is 0. The molecule has 0 saturated carbocycles. The van der Waals surface area contributed by atoms with Gasteiger partial charge in [0.05, 0.1) is 6.54 Å². The number of carbonyl (C=O) groups excluding carboxylic acids is 2. The fourth-order valence-electron chi connectivity index (χ4n) is 1.90. The third kappa shape index (κ3) is 3.47. The number of ether oxygens (including phenoxy) is 1. The second-order valence-corrected chi connectivity index (χ2v) is 5.36. The van der Waals surface area contributed by atoms with Gasteiger partial charge in [0, 0.05) is 17.6 Å². The zero-order valence-corrected chi connectivity index (χ0v) is 12.4. The van der Waals surface area contributed by atoms with Gasteiger partial charge in [0.15, 0.2) is 17.7 Å². The molecular weight excluding hydrogens is 331 g/mol. The summed E-state index contributed by atoms with van der Waals surface area (Å²) in [5, 5.41) is 2.63. The topological polar surface area (TPSA) is 58.6 Å². The lowest BCUT2D eigenvalue weighted by Gasteiger charge is -2.29. The molecule has 1 heterocycles. The molecule has 0 unspecified atom stereocenters. The fourth-order valence-corrected chi connectivity index (χ4v) is 2.23. The molecule has 2 amide bonds. The molecule has 1 fully saturated rings. The third-order valence-electron chi connectivity index (χ3n) is 2.90. The summed E-state index contributed by atoms with van der Waals surface area (Å²) in [5.74, 6) is -1.07. The Morgan fingerprint density at radius 1 is 1.55 bits per heavy atom. The van der Waals surface area contributed by atoms with Crippen molar-refractivity contribution in [3.63, 3.8) is 0 Å². The first-order valence-corrected chi connectivity index (χ1v) is 6.94. The Balaban J connectivity index is 2.01. The molecule has 108 valence electrons. The van der Waals surface area contributed by atoms with Crippen LogP contribution >= 0.6 is 15.9 Å². The van der Waals surface area contributed by atoms with Crippen LogP contribution in [0.5, 0.6) is 5.75 Å². The van der Waals surface area contributed by atoms with Crippen molar-refractivity contribution in [3.8, 4) is 5.75 Å². The Kier molecular flexibility index (Phi) is 4.59. The van der Waals surface area contributed by atoms with Crippen LogP contribution in [0, 0.1) is 5.82 Å². The van der Waals surface area contributed by atoms with E-state index in [0.717, 1.165) is 0 Å². The monoisotopic (exact) mass is 344 g/mol.